The minimum absolute atomic E-state index is 0.0690. The zero-order chi connectivity index (χ0) is 16.7. The maximum atomic E-state index is 11.8. The second-order valence-corrected chi connectivity index (χ2v) is 8.03. The van der Waals surface area contributed by atoms with Crippen molar-refractivity contribution >= 4 is 13.7 Å². The normalized spacial score (nSPS) is 15.6. The number of quaternary nitrogens is 1. The van der Waals surface area contributed by atoms with Crippen LogP contribution >= 0.6 is 7.82 Å². The molecule has 0 spiro atoms. The summed E-state index contributed by atoms with van der Waals surface area (Å²) in [4.78, 5) is 23.2. The van der Waals surface area contributed by atoms with Crippen molar-refractivity contribution in [3.05, 3.63) is 0 Å². The van der Waals surface area contributed by atoms with Crippen LogP contribution in [0.2, 0.25) is 0 Å². The Bertz CT molecular complexity index is 379. The van der Waals surface area contributed by atoms with Gasteiger partial charge in [-0.3, -0.25) is 9.36 Å². The first-order valence-corrected chi connectivity index (χ1v) is 8.54. The Morgan fingerprint density at radius 3 is 2.24 bits per heavy atom. The monoisotopic (exact) mass is 324 g/mol. The lowest BCUT2D eigenvalue weighted by molar-refractivity contribution is -0.870. The van der Waals surface area contributed by atoms with Crippen LogP contribution in [0.15, 0.2) is 0 Å². The van der Waals surface area contributed by atoms with Crippen molar-refractivity contribution in [3.63, 3.8) is 0 Å². The third-order valence-corrected chi connectivity index (χ3v) is 4.14. The fraction of sp³-hybridized carbons (Fsp3) is 0.923. The molecule has 1 amide bonds. The second kappa shape index (κ2) is 8.25. The van der Waals surface area contributed by atoms with Gasteiger partial charge in [0.2, 0.25) is 5.91 Å². The van der Waals surface area contributed by atoms with Crippen molar-refractivity contribution in [3.8, 4) is 0 Å². The van der Waals surface area contributed by atoms with Crippen molar-refractivity contribution in [2.24, 2.45) is 5.41 Å². The van der Waals surface area contributed by atoms with Crippen LogP contribution in [0.25, 0.3) is 0 Å². The van der Waals surface area contributed by atoms with E-state index in [4.69, 9.17) is 9.05 Å². The Kier molecular flexibility index (Phi) is 8.07. The molecule has 21 heavy (non-hydrogen) atoms. The third-order valence-electron chi connectivity index (χ3n) is 3.15. The summed E-state index contributed by atoms with van der Waals surface area (Å²) in [6.07, 6.45) is 0.702. The number of carbonyl (C=O) groups is 1. The van der Waals surface area contributed by atoms with E-state index in [1.54, 1.807) is 0 Å². The van der Waals surface area contributed by atoms with Crippen LogP contribution in [-0.2, 0) is 18.4 Å². The average molecular weight is 324 g/mol. The molecule has 8 heteroatoms. The van der Waals surface area contributed by atoms with Crippen molar-refractivity contribution in [2.45, 2.75) is 27.2 Å². The number of likely N-dealkylation sites (N-methyl/N-ethyl adjacent to an activating group) is 1. The molecular weight excluding hydrogens is 295 g/mol. The summed E-state index contributed by atoms with van der Waals surface area (Å²) >= 11 is 0. The summed E-state index contributed by atoms with van der Waals surface area (Å²) in [6.45, 7) is 6.20. The number of hydrogen-bond donors (Lipinski definition) is 1. The predicted octanol–water partition coefficient (Wildman–Crippen LogP) is 0.747. The summed E-state index contributed by atoms with van der Waals surface area (Å²) in [7, 11) is 1.51. The summed E-state index contributed by atoms with van der Waals surface area (Å²) < 4.78 is 21.5. The first-order chi connectivity index (χ1) is 9.40. The highest BCUT2D eigenvalue weighted by molar-refractivity contribution is 7.45. The lowest BCUT2D eigenvalue weighted by Crippen LogP contribution is -2.38. The summed E-state index contributed by atoms with van der Waals surface area (Å²) in [6, 6.07) is 0. The van der Waals surface area contributed by atoms with Gasteiger partial charge in [-0.1, -0.05) is 20.8 Å². The van der Waals surface area contributed by atoms with Crippen LogP contribution in [0.4, 0.5) is 0 Å². The van der Waals surface area contributed by atoms with Crippen LogP contribution in [0.5, 0.6) is 0 Å². The number of amides is 1. The molecule has 7 nitrogen and oxygen atoms in total. The second-order valence-electron chi connectivity index (χ2n) is 6.62. The zero-order valence-electron chi connectivity index (χ0n) is 14.0. The van der Waals surface area contributed by atoms with Crippen molar-refractivity contribution in [2.75, 3.05) is 47.4 Å². The molecule has 0 heterocycles. The van der Waals surface area contributed by atoms with Crippen LogP contribution < -0.4 is 10.2 Å². The number of hydrogen-bond acceptors (Lipinski definition) is 5. The van der Waals surface area contributed by atoms with E-state index in [0.29, 0.717) is 17.4 Å². The SMILES string of the molecule is CCC(C)(C)C(=O)NCCOP(=O)([O-])OCC[N+](C)(C)C. The van der Waals surface area contributed by atoms with E-state index in [2.05, 4.69) is 5.32 Å². The molecule has 1 unspecified atom stereocenters. The number of phosphoric ester groups is 1. The molecule has 0 bridgehead atoms. The first kappa shape index (κ1) is 20.5. The van der Waals surface area contributed by atoms with Crippen molar-refractivity contribution < 1.29 is 27.8 Å². The molecular formula is C13H29N2O5P. The van der Waals surface area contributed by atoms with Crippen LogP contribution in [-0.4, -0.2) is 57.8 Å². The molecule has 0 aromatic rings. The summed E-state index contributed by atoms with van der Waals surface area (Å²) in [5.41, 5.74) is -0.470. The fourth-order valence-corrected chi connectivity index (χ4v) is 1.88. The highest BCUT2D eigenvalue weighted by Crippen LogP contribution is 2.37. The summed E-state index contributed by atoms with van der Waals surface area (Å²) in [5, 5.41) is 2.64. The lowest BCUT2D eigenvalue weighted by atomic mass is 9.89. The Balaban J connectivity index is 3.95. The smallest absolute Gasteiger partial charge is 0.268 e. The van der Waals surface area contributed by atoms with Gasteiger partial charge in [-0.25, -0.2) is 0 Å². The lowest BCUT2D eigenvalue weighted by Gasteiger charge is -2.27. The van der Waals surface area contributed by atoms with Crippen LogP contribution in [0.3, 0.4) is 0 Å². The van der Waals surface area contributed by atoms with Gasteiger partial charge in [0.05, 0.1) is 27.7 Å². The molecule has 0 radical (unpaired) electrons. The molecule has 0 aromatic carbocycles. The van der Waals surface area contributed by atoms with E-state index in [-0.39, 0.29) is 25.7 Å². The molecule has 0 aromatic heterocycles. The van der Waals surface area contributed by atoms with Gasteiger partial charge in [-0.05, 0) is 6.42 Å². The maximum Gasteiger partial charge on any atom is 0.268 e. The standard InChI is InChI=1S/C13H29N2O5P/c1-7-13(2,3)12(16)14-8-10-19-21(17,18)20-11-9-15(4,5)6/h7-11H2,1-6H3,(H-,14,16,17,18). The minimum atomic E-state index is -4.30. The van der Waals surface area contributed by atoms with E-state index >= 15 is 0 Å². The predicted molar refractivity (Wildman–Crippen MR) is 79.5 cm³/mol. The fourth-order valence-electron chi connectivity index (χ4n) is 1.19. The number of rotatable bonds is 10. The molecule has 0 saturated heterocycles. The van der Waals surface area contributed by atoms with Gasteiger partial charge in [0.25, 0.3) is 7.82 Å². The quantitative estimate of drug-likeness (QED) is 0.364. The zero-order valence-corrected chi connectivity index (χ0v) is 14.9. The Hall–Kier alpha value is -0.460. The Labute approximate surface area is 127 Å². The van der Waals surface area contributed by atoms with Gasteiger partial charge < -0.3 is 23.7 Å². The van der Waals surface area contributed by atoms with E-state index in [0.717, 1.165) is 0 Å². The number of phosphoric acid groups is 1. The molecule has 1 atom stereocenters. The largest absolute Gasteiger partial charge is 0.756 e. The summed E-state index contributed by atoms with van der Waals surface area (Å²) in [5.74, 6) is -0.125. The highest BCUT2D eigenvalue weighted by Gasteiger charge is 2.24. The molecule has 0 fully saturated rings. The average Bonchev–Trinajstić information content (AvgIpc) is 2.32. The van der Waals surface area contributed by atoms with Gasteiger partial charge in [-0.15, -0.1) is 0 Å². The Morgan fingerprint density at radius 1 is 1.24 bits per heavy atom. The number of carbonyl (C=O) groups excluding carboxylic acids is 1. The molecule has 0 aliphatic carbocycles. The van der Waals surface area contributed by atoms with Crippen LogP contribution in [0.1, 0.15) is 27.2 Å². The molecule has 0 aliphatic heterocycles. The molecule has 0 saturated carbocycles. The van der Waals surface area contributed by atoms with Gasteiger partial charge >= 0.3 is 0 Å². The minimum Gasteiger partial charge on any atom is -0.756 e. The van der Waals surface area contributed by atoms with Gasteiger partial charge in [0.1, 0.15) is 13.2 Å². The third kappa shape index (κ3) is 9.98. The van der Waals surface area contributed by atoms with Gasteiger partial charge in [0.15, 0.2) is 0 Å². The van der Waals surface area contributed by atoms with E-state index in [1.165, 1.54) is 0 Å². The Morgan fingerprint density at radius 2 is 1.76 bits per heavy atom. The number of nitrogens with one attached hydrogen (secondary N) is 1. The molecule has 0 rings (SSSR count). The molecule has 0 aliphatic rings. The molecule has 1 N–H and O–H groups in total. The van der Waals surface area contributed by atoms with E-state index < -0.39 is 13.2 Å². The van der Waals surface area contributed by atoms with E-state index in [1.807, 2.05) is 41.9 Å². The highest BCUT2D eigenvalue weighted by atomic mass is 31.2. The van der Waals surface area contributed by atoms with Crippen molar-refractivity contribution in [1.82, 2.24) is 5.32 Å². The topological polar surface area (TPSA) is 87.7 Å². The van der Waals surface area contributed by atoms with Crippen molar-refractivity contribution in [1.29, 1.82) is 0 Å². The van der Waals surface area contributed by atoms with Crippen LogP contribution in [0, 0.1) is 5.41 Å². The molecule has 126 valence electrons. The van der Waals surface area contributed by atoms with Gasteiger partial charge in [-0.2, -0.15) is 0 Å². The van der Waals surface area contributed by atoms with Gasteiger partial charge in [0, 0.05) is 12.0 Å². The first-order valence-electron chi connectivity index (χ1n) is 7.08. The maximum absolute atomic E-state index is 11.8. The van der Waals surface area contributed by atoms with E-state index in [9.17, 15) is 14.3 Å². The number of nitrogens with zero attached hydrogens (tertiary/aromatic N) is 1.